The molecule has 4 rings (SSSR count). The quantitative estimate of drug-likeness (QED) is 0.652. The van der Waals surface area contributed by atoms with Crippen LogP contribution < -0.4 is 10.6 Å². The zero-order chi connectivity index (χ0) is 20.9. The number of rotatable bonds is 6. The Bertz CT molecular complexity index is 1080. The summed E-state index contributed by atoms with van der Waals surface area (Å²) >= 11 is 0. The average Bonchev–Trinajstić information content (AvgIpc) is 3.49. The number of amides is 2. The number of anilines is 1. The van der Waals surface area contributed by atoms with Gasteiger partial charge in [0.25, 0.3) is 0 Å². The predicted octanol–water partition coefficient (Wildman–Crippen LogP) is 3.56. The Kier molecular flexibility index (Phi) is 5.75. The second-order valence-corrected chi connectivity index (χ2v) is 7.25. The Morgan fingerprint density at radius 3 is 2.83 bits per heavy atom. The minimum atomic E-state index is -0.617. The number of nitrogens with zero attached hydrogens (tertiary/aromatic N) is 5. The maximum atomic E-state index is 13.8. The molecule has 0 radical (unpaired) electrons. The van der Waals surface area contributed by atoms with E-state index in [0.717, 1.165) is 5.69 Å². The summed E-state index contributed by atoms with van der Waals surface area (Å²) in [5.41, 5.74) is 1.15. The van der Waals surface area contributed by atoms with Gasteiger partial charge in [-0.2, -0.15) is 10.4 Å². The Morgan fingerprint density at radius 2 is 2.03 bits per heavy atom. The molecular weight excluding hydrogens is 385 g/mol. The van der Waals surface area contributed by atoms with Crippen LogP contribution in [0, 0.1) is 17.1 Å². The van der Waals surface area contributed by atoms with E-state index in [-0.39, 0.29) is 5.56 Å². The summed E-state index contributed by atoms with van der Waals surface area (Å²) in [6.45, 7) is 0.441. The molecule has 0 unspecified atom stereocenters. The molecule has 30 heavy (non-hydrogen) atoms. The predicted molar refractivity (Wildman–Crippen MR) is 109 cm³/mol. The van der Waals surface area contributed by atoms with Crippen LogP contribution in [0.1, 0.15) is 43.0 Å². The minimum Gasteiger partial charge on any atom is -0.337 e. The molecule has 1 aromatic carbocycles. The van der Waals surface area contributed by atoms with Gasteiger partial charge in [0.15, 0.2) is 5.82 Å². The lowest BCUT2D eigenvalue weighted by Gasteiger charge is -2.09. The van der Waals surface area contributed by atoms with Crippen molar-refractivity contribution in [2.24, 2.45) is 0 Å². The minimum absolute atomic E-state index is 0.103. The third-order valence-corrected chi connectivity index (χ3v) is 5.21. The Morgan fingerprint density at radius 1 is 1.20 bits per heavy atom. The summed E-state index contributed by atoms with van der Waals surface area (Å²) < 4.78 is 17.2. The number of carbonyl (C=O) groups excluding carboxylic acids is 1. The van der Waals surface area contributed by atoms with E-state index in [2.05, 4.69) is 20.8 Å². The number of aromatic nitrogens is 4. The van der Waals surface area contributed by atoms with Crippen molar-refractivity contribution in [1.82, 2.24) is 24.9 Å². The van der Waals surface area contributed by atoms with Gasteiger partial charge in [-0.1, -0.05) is 18.9 Å². The number of hydrogen-bond acceptors (Lipinski definition) is 4. The lowest BCUT2D eigenvalue weighted by atomic mass is 10.2. The van der Waals surface area contributed by atoms with Gasteiger partial charge >= 0.3 is 6.03 Å². The van der Waals surface area contributed by atoms with Gasteiger partial charge in [-0.05, 0) is 31.0 Å². The monoisotopic (exact) mass is 407 g/mol. The topological polar surface area (TPSA) is 101 Å². The van der Waals surface area contributed by atoms with Crippen LogP contribution in [0.4, 0.5) is 15.0 Å². The van der Waals surface area contributed by atoms with Crippen LogP contribution >= 0.6 is 0 Å². The molecule has 1 aliphatic carbocycles. The van der Waals surface area contributed by atoms with Crippen molar-refractivity contribution in [1.29, 1.82) is 5.26 Å². The first-order chi connectivity index (χ1) is 14.6. The Balaban J connectivity index is 1.29. The highest BCUT2D eigenvalue weighted by Gasteiger charge is 2.17. The van der Waals surface area contributed by atoms with Gasteiger partial charge in [-0.3, -0.25) is 10.00 Å². The lowest BCUT2D eigenvalue weighted by molar-refractivity contribution is 0.252. The van der Waals surface area contributed by atoms with Crippen LogP contribution in [-0.2, 0) is 6.42 Å². The van der Waals surface area contributed by atoms with Crippen LogP contribution in [0.25, 0.3) is 5.69 Å². The smallest absolute Gasteiger partial charge is 0.320 e. The molecule has 1 fully saturated rings. The third-order valence-electron chi connectivity index (χ3n) is 5.21. The molecule has 2 aromatic heterocycles. The molecule has 1 saturated carbocycles. The van der Waals surface area contributed by atoms with Gasteiger partial charge in [0.2, 0.25) is 0 Å². The highest BCUT2D eigenvalue weighted by molar-refractivity contribution is 5.88. The molecule has 154 valence electrons. The van der Waals surface area contributed by atoms with Gasteiger partial charge in [0, 0.05) is 31.4 Å². The van der Waals surface area contributed by atoms with E-state index in [9.17, 15) is 9.18 Å². The van der Waals surface area contributed by atoms with Gasteiger partial charge in [0.05, 0.1) is 17.4 Å². The van der Waals surface area contributed by atoms with Gasteiger partial charge in [-0.25, -0.2) is 13.9 Å². The van der Waals surface area contributed by atoms with E-state index in [0.29, 0.717) is 30.5 Å². The molecule has 0 aliphatic heterocycles. The van der Waals surface area contributed by atoms with Crippen molar-refractivity contribution >= 4 is 11.8 Å². The molecule has 0 bridgehead atoms. The molecule has 2 heterocycles. The van der Waals surface area contributed by atoms with E-state index >= 15 is 0 Å². The van der Waals surface area contributed by atoms with Crippen LogP contribution in [0.15, 0.2) is 42.7 Å². The first-order valence-electron chi connectivity index (χ1n) is 9.97. The summed E-state index contributed by atoms with van der Waals surface area (Å²) in [6, 6.07) is 9.82. The van der Waals surface area contributed by atoms with Crippen LogP contribution in [0.3, 0.4) is 0 Å². The van der Waals surface area contributed by atoms with Gasteiger partial charge < -0.3 is 5.32 Å². The van der Waals surface area contributed by atoms with Crippen molar-refractivity contribution in [3.63, 3.8) is 0 Å². The number of nitriles is 1. The lowest BCUT2D eigenvalue weighted by Crippen LogP contribution is -2.30. The van der Waals surface area contributed by atoms with Crippen molar-refractivity contribution in [2.75, 3.05) is 11.9 Å². The maximum absolute atomic E-state index is 13.8. The molecule has 0 spiro atoms. The SMILES string of the molecule is N#Cc1c(F)cccc1-n1ccc(NC(=O)NCCc2ccn(C3CCCC3)n2)n1. The number of benzene rings is 1. The average molecular weight is 407 g/mol. The first-order valence-corrected chi connectivity index (χ1v) is 9.97. The zero-order valence-electron chi connectivity index (χ0n) is 16.4. The zero-order valence-corrected chi connectivity index (χ0v) is 16.4. The van der Waals surface area contributed by atoms with Crippen molar-refractivity contribution in [2.45, 2.75) is 38.1 Å². The normalized spacial score (nSPS) is 13.9. The van der Waals surface area contributed by atoms with Crippen LogP contribution in [0.5, 0.6) is 0 Å². The summed E-state index contributed by atoms with van der Waals surface area (Å²) in [6.07, 6.45) is 9.08. The number of nitrogens with one attached hydrogen (secondary N) is 2. The molecule has 2 amide bonds. The molecule has 0 saturated heterocycles. The van der Waals surface area contributed by atoms with E-state index in [1.54, 1.807) is 18.3 Å². The Labute approximate surface area is 173 Å². The fourth-order valence-electron chi connectivity index (χ4n) is 3.69. The van der Waals surface area contributed by atoms with Crippen molar-refractivity contribution in [3.8, 4) is 11.8 Å². The highest BCUT2D eigenvalue weighted by Crippen LogP contribution is 2.28. The second-order valence-electron chi connectivity index (χ2n) is 7.25. The highest BCUT2D eigenvalue weighted by atomic mass is 19.1. The Hall–Kier alpha value is -3.67. The molecule has 0 atom stereocenters. The van der Waals surface area contributed by atoms with Gasteiger partial charge in [-0.15, -0.1) is 5.10 Å². The number of urea groups is 1. The summed E-state index contributed by atoms with van der Waals surface area (Å²) in [4.78, 5) is 12.1. The maximum Gasteiger partial charge on any atom is 0.320 e. The fraction of sp³-hybridized carbons (Fsp3) is 0.333. The molecule has 8 nitrogen and oxygen atoms in total. The number of hydrogen-bond donors (Lipinski definition) is 2. The number of halogens is 1. The van der Waals surface area contributed by atoms with Crippen LogP contribution in [0.2, 0.25) is 0 Å². The number of carbonyl (C=O) groups is 1. The third kappa shape index (κ3) is 4.33. The second kappa shape index (κ2) is 8.78. The molecule has 2 N–H and O–H groups in total. The first kappa shape index (κ1) is 19.6. The molecule has 9 heteroatoms. The van der Waals surface area contributed by atoms with Crippen molar-refractivity contribution in [3.05, 3.63) is 59.8 Å². The van der Waals surface area contributed by atoms with Crippen molar-refractivity contribution < 1.29 is 9.18 Å². The molecule has 3 aromatic rings. The van der Waals surface area contributed by atoms with E-state index in [4.69, 9.17) is 5.26 Å². The molecular formula is C21H22FN7O. The summed E-state index contributed by atoms with van der Waals surface area (Å²) in [7, 11) is 0. The van der Waals surface area contributed by atoms with E-state index < -0.39 is 11.8 Å². The summed E-state index contributed by atoms with van der Waals surface area (Å²) in [5, 5.41) is 23.4. The summed E-state index contributed by atoms with van der Waals surface area (Å²) in [5.74, 6) is -0.320. The standard InChI is InChI=1S/C21H22FN7O/c22-18-6-3-7-19(17(18)14-23)29-13-10-20(27-29)25-21(30)24-11-8-15-9-12-28(26-15)16-4-1-2-5-16/h3,6-7,9-10,12-13,16H,1-2,4-5,8,11H2,(H2,24,25,27,30). The largest absolute Gasteiger partial charge is 0.337 e. The fourth-order valence-corrected chi connectivity index (χ4v) is 3.69. The van der Waals surface area contributed by atoms with E-state index in [1.807, 2.05) is 23.0 Å². The van der Waals surface area contributed by atoms with E-state index in [1.165, 1.54) is 42.5 Å². The van der Waals surface area contributed by atoms with Gasteiger partial charge in [0.1, 0.15) is 17.4 Å². The molecule has 1 aliphatic rings. The van der Waals surface area contributed by atoms with Crippen LogP contribution in [-0.4, -0.2) is 32.1 Å².